The maximum absolute atomic E-state index is 6.08. The number of aromatic nitrogens is 3. The summed E-state index contributed by atoms with van der Waals surface area (Å²) in [5.41, 5.74) is 4.13. The molecule has 3 nitrogen and oxygen atoms in total. The normalized spacial score (nSPS) is 10.9. The Hall–Kier alpha value is -1.35. The van der Waals surface area contributed by atoms with Gasteiger partial charge in [-0.05, 0) is 19.4 Å². The maximum Gasteiger partial charge on any atom is 0.156 e. The molecule has 78 valence electrons. The highest BCUT2D eigenvalue weighted by Crippen LogP contribution is 2.27. The molecule has 0 aliphatic rings. The summed E-state index contributed by atoms with van der Waals surface area (Å²) < 4.78 is 2.08. The van der Waals surface area contributed by atoms with Crippen LogP contribution in [0.1, 0.15) is 11.3 Å². The topological polar surface area (TPSA) is 30.7 Å². The Bertz CT molecular complexity index is 528. The predicted octanol–water partition coefficient (Wildman–Crippen LogP) is 2.89. The molecule has 4 heteroatoms. The number of halogens is 1. The van der Waals surface area contributed by atoms with Gasteiger partial charge in [-0.3, -0.25) is 0 Å². The molecule has 0 fully saturated rings. The number of fused-ring (bicyclic) bond motifs is 1. The fraction of sp³-hybridized carbons (Fsp3) is 0.273. The van der Waals surface area contributed by atoms with Crippen LogP contribution in [0.3, 0.4) is 0 Å². The number of aryl methyl sites for hydroxylation is 1. The van der Waals surface area contributed by atoms with E-state index in [0.717, 1.165) is 28.8 Å². The molecule has 2 aromatic heterocycles. The van der Waals surface area contributed by atoms with E-state index >= 15 is 0 Å². The van der Waals surface area contributed by atoms with Crippen molar-refractivity contribution in [1.82, 2.24) is 14.5 Å². The van der Waals surface area contributed by atoms with Gasteiger partial charge in [0.25, 0.3) is 0 Å². The van der Waals surface area contributed by atoms with Gasteiger partial charge in [0.05, 0.1) is 5.52 Å². The van der Waals surface area contributed by atoms with Crippen LogP contribution in [0, 0.1) is 13.8 Å². The van der Waals surface area contributed by atoms with Crippen molar-refractivity contribution in [2.24, 2.45) is 0 Å². The second-order valence-electron chi connectivity index (χ2n) is 3.47. The van der Waals surface area contributed by atoms with Crippen LogP contribution >= 0.6 is 11.6 Å². The number of hydrogen-bond acceptors (Lipinski definition) is 2. The van der Waals surface area contributed by atoms with E-state index < -0.39 is 0 Å². The first-order valence-electron chi connectivity index (χ1n) is 4.73. The molecule has 2 rings (SSSR count). The van der Waals surface area contributed by atoms with Crippen LogP contribution in [-0.4, -0.2) is 14.5 Å². The first-order chi connectivity index (χ1) is 7.16. The third-order valence-electron chi connectivity index (χ3n) is 2.66. The first kappa shape index (κ1) is 10.2. The summed E-state index contributed by atoms with van der Waals surface area (Å²) in [4.78, 5) is 8.26. The molecule has 2 heterocycles. The van der Waals surface area contributed by atoms with E-state index in [-0.39, 0.29) is 0 Å². The van der Waals surface area contributed by atoms with Crippen molar-refractivity contribution in [2.75, 3.05) is 0 Å². The summed E-state index contributed by atoms with van der Waals surface area (Å²) >= 11 is 6.08. The van der Waals surface area contributed by atoms with Gasteiger partial charge in [0.1, 0.15) is 11.8 Å². The van der Waals surface area contributed by atoms with Gasteiger partial charge in [0, 0.05) is 12.2 Å². The molecule has 0 unspecified atom stereocenters. The lowest BCUT2D eigenvalue weighted by Gasteiger charge is -2.04. The molecule has 0 N–H and O–H groups in total. The third kappa shape index (κ3) is 1.43. The highest BCUT2D eigenvalue weighted by atomic mass is 35.5. The molecule has 0 spiro atoms. The third-order valence-corrected chi connectivity index (χ3v) is 2.94. The summed E-state index contributed by atoms with van der Waals surface area (Å²) in [6.07, 6.45) is 3.34. The maximum atomic E-state index is 6.08. The Morgan fingerprint density at radius 3 is 2.87 bits per heavy atom. The van der Waals surface area contributed by atoms with E-state index in [1.807, 2.05) is 13.0 Å². The Labute approximate surface area is 93.4 Å². The standard InChI is InChI=1S/C11H12ClN3/c1-4-5-15-8(3)7(2)9-10(15)11(12)14-6-13-9/h4,6H,1,5H2,2-3H3. The van der Waals surface area contributed by atoms with E-state index in [9.17, 15) is 0 Å². The van der Waals surface area contributed by atoms with Gasteiger partial charge in [0.2, 0.25) is 0 Å². The van der Waals surface area contributed by atoms with Crippen molar-refractivity contribution >= 4 is 22.6 Å². The molecule has 0 amide bonds. The van der Waals surface area contributed by atoms with E-state index in [1.54, 1.807) is 0 Å². The zero-order valence-corrected chi connectivity index (χ0v) is 9.54. The van der Waals surface area contributed by atoms with Crippen molar-refractivity contribution in [3.05, 3.63) is 35.4 Å². The molecule has 2 aromatic rings. The van der Waals surface area contributed by atoms with Gasteiger partial charge in [-0.25, -0.2) is 9.97 Å². The van der Waals surface area contributed by atoms with Crippen LogP contribution < -0.4 is 0 Å². The highest BCUT2D eigenvalue weighted by molar-refractivity contribution is 6.33. The molecule has 0 aromatic carbocycles. The van der Waals surface area contributed by atoms with E-state index in [0.29, 0.717) is 5.15 Å². The minimum Gasteiger partial charge on any atom is -0.337 e. The largest absolute Gasteiger partial charge is 0.337 e. The SMILES string of the molecule is C=CCn1c(C)c(C)c2ncnc(Cl)c21. The molecule has 0 atom stereocenters. The Balaban J connectivity index is 2.88. The van der Waals surface area contributed by atoms with Crippen LogP contribution in [0.2, 0.25) is 5.15 Å². The van der Waals surface area contributed by atoms with Crippen LogP contribution in [0.25, 0.3) is 11.0 Å². The van der Waals surface area contributed by atoms with Crippen LogP contribution in [0.4, 0.5) is 0 Å². The van der Waals surface area contributed by atoms with Crippen molar-refractivity contribution in [3.63, 3.8) is 0 Å². The monoisotopic (exact) mass is 221 g/mol. The van der Waals surface area contributed by atoms with E-state index in [1.165, 1.54) is 6.33 Å². The lowest BCUT2D eigenvalue weighted by atomic mass is 10.2. The summed E-state index contributed by atoms with van der Waals surface area (Å²) in [6.45, 7) is 8.56. The van der Waals surface area contributed by atoms with Gasteiger partial charge in [-0.15, -0.1) is 6.58 Å². The predicted molar refractivity (Wildman–Crippen MR) is 62.2 cm³/mol. The molecule has 0 radical (unpaired) electrons. The van der Waals surface area contributed by atoms with Crippen LogP contribution in [0.5, 0.6) is 0 Å². The Morgan fingerprint density at radius 2 is 2.20 bits per heavy atom. The number of hydrogen-bond donors (Lipinski definition) is 0. The average molecular weight is 222 g/mol. The molecule has 0 bridgehead atoms. The fourth-order valence-electron chi connectivity index (χ4n) is 1.77. The van der Waals surface area contributed by atoms with Gasteiger partial charge in [-0.2, -0.15) is 0 Å². The minimum atomic E-state index is 0.498. The molecule has 0 saturated carbocycles. The van der Waals surface area contributed by atoms with Gasteiger partial charge in [0.15, 0.2) is 5.15 Å². The first-order valence-corrected chi connectivity index (χ1v) is 5.11. The van der Waals surface area contributed by atoms with Crippen molar-refractivity contribution in [3.8, 4) is 0 Å². The van der Waals surface area contributed by atoms with Gasteiger partial charge < -0.3 is 4.57 Å². The Morgan fingerprint density at radius 1 is 1.47 bits per heavy atom. The minimum absolute atomic E-state index is 0.498. The van der Waals surface area contributed by atoms with Crippen molar-refractivity contribution < 1.29 is 0 Å². The molecular weight excluding hydrogens is 210 g/mol. The lowest BCUT2D eigenvalue weighted by Crippen LogP contribution is -1.98. The van der Waals surface area contributed by atoms with E-state index in [2.05, 4.69) is 28.0 Å². The Kier molecular flexibility index (Phi) is 2.49. The summed E-state index contributed by atoms with van der Waals surface area (Å²) in [5.74, 6) is 0. The van der Waals surface area contributed by atoms with Crippen molar-refractivity contribution in [2.45, 2.75) is 20.4 Å². The lowest BCUT2D eigenvalue weighted by molar-refractivity contribution is 0.822. The summed E-state index contributed by atoms with van der Waals surface area (Å²) in [5, 5.41) is 0.498. The van der Waals surface area contributed by atoms with Crippen molar-refractivity contribution in [1.29, 1.82) is 0 Å². The number of allylic oxidation sites excluding steroid dienone is 1. The smallest absolute Gasteiger partial charge is 0.156 e. The zero-order valence-electron chi connectivity index (χ0n) is 8.79. The number of nitrogens with zero attached hydrogens (tertiary/aromatic N) is 3. The van der Waals surface area contributed by atoms with Crippen LogP contribution in [0.15, 0.2) is 19.0 Å². The highest BCUT2D eigenvalue weighted by Gasteiger charge is 2.14. The second kappa shape index (κ2) is 3.66. The molecule has 15 heavy (non-hydrogen) atoms. The summed E-state index contributed by atoms with van der Waals surface area (Å²) in [7, 11) is 0. The average Bonchev–Trinajstić information content (AvgIpc) is 2.46. The van der Waals surface area contributed by atoms with Gasteiger partial charge in [-0.1, -0.05) is 17.7 Å². The van der Waals surface area contributed by atoms with Crippen LogP contribution in [-0.2, 0) is 6.54 Å². The van der Waals surface area contributed by atoms with E-state index in [4.69, 9.17) is 11.6 Å². The molecule has 0 aliphatic carbocycles. The fourth-order valence-corrected chi connectivity index (χ4v) is 2.00. The quantitative estimate of drug-likeness (QED) is 0.577. The zero-order chi connectivity index (χ0) is 11.0. The number of rotatable bonds is 2. The molecule has 0 aliphatic heterocycles. The molecular formula is C11H12ClN3. The molecule has 0 saturated heterocycles. The van der Waals surface area contributed by atoms with Gasteiger partial charge >= 0.3 is 0 Å². The summed E-state index contributed by atoms with van der Waals surface area (Å²) in [6, 6.07) is 0. The second-order valence-corrected chi connectivity index (χ2v) is 3.83.